The Morgan fingerprint density at radius 1 is 0.817 bits per heavy atom. The van der Waals surface area contributed by atoms with Crippen LogP contribution in [-0.4, -0.2) is 64.7 Å². The summed E-state index contributed by atoms with van der Waals surface area (Å²) in [7, 11) is 0. The molecule has 1 heterocycles. The first-order valence-corrected chi connectivity index (χ1v) is 25.7. The second-order valence-corrected chi connectivity index (χ2v) is 21.5. The van der Waals surface area contributed by atoms with E-state index in [4.69, 9.17) is 14.2 Å². The highest BCUT2D eigenvalue weighted by Crippen LogP contribution is 2.67. The molecular formula is C53H92O7. The number of aliphatic hydroxyl groups excluding tert-OH is 3. The van der Waals surface area contributed by atoms with Gasteiger partial charge in [0.05, 0.1) is 6.10 Å². The molecular weight excluding hydrogens is 749 g/mol. The van der Waals surface area contributed by atoms with Gasteiger partial charge >= 0.3 is 5.97 Å². The molecule has 14 atom stereocenters. The summed E-state index contributed by atoms with van der Waals surface area (Å²) in [6.45, 7) is 17.0. The molecule has 0 radical (unpaired) electrons. The van der Waals surface area contributed by atoms with Crippen LogP contribution >= 0.6 is 0 Å². The number of fused-ring (bicyclic) bond motifs is 5. The first-order chi connectivity index (χ1) is 28.8. The summed E-state index contributed by atoms with van der Waals surface area (Å²) in [4.78, 5) is 12.6. The number of esters is 1. The number of hydrogen-bond acceptors (Lipinski definition) is 7. The summed E-state index contributed by atoms with van der Waals surface area (Å²) in [5.41, 5.74) is 2.12. The molecule has 346 valence electrons. The van der Waals surface area contributed by atoms with Crippen molar-refractivity contribution in [3.05, 3.63) is 23.8 Å². The number of carbonyl (C=O) groups is 1. The van der Waals surface area contributed by atoms with Crippen LogP contribution in [0.5, 0.6) is 0 Å². The molecule has 4 aliphatic carbocycles. The molecule has 5 aliphatic rings. The summed E-state index contributed by atoms with van der Waals surface area (Å²) in [5.74, 6) is 5.21. The minimum absolute atomic E-state index is 0.143. The monoisotopic (exact) mass is 841 g/mol. The second-order valence-electron chi connectivity index (χ2n) is 21.5. The van der Waals surface area contributed by atoms with Crippen LogP contribution in [0.2, 0.25) is 0 Å². The first kappa shape index (κ1) is 49.8. The van der Waals surface area contributed by atoms with Gasteiger partial charge in [-0.15, -0.1) is 0 Å². The van der Waals surface area contributed by atoms with Crippen molar-refractivity contribution in [2.75, 3.05) is 6.61 Å². The largest absolute Gasteiger partial charge is 0.463 e. The Bertz CT molecular complexity index is 1330. The number of rotatable bonds is 25. The van der Waals surface area contributed by atoms with Crippen molar-refractivity contribution in [2.24, 2.45) is 52.3 Å². The standard InChI is InChI=1S/C53H92O7/c1-8-10-11-12-13-14-15-16-17-18-19-20-21-22-23-24-47(54)58-36-46-48(55)49(56)50(57)51(60-46)59-41-31-33-52(6)40(35-41)27-28-42-44-30-29-43(53(44,7)34-32-45(42)52)38(5)25-26-39(9-2)37(3)4/h16-17,27,37-39,41-46,48-51,55-57H,8-15,18-26,28-36H2,1-7H3/b17-16-. The van der Waals surface area contributed by atoms with E-state index in [1.807, 2.05) is 0 Å². The lowest BCUT2D eigenvalue weighted by Crippen LogP contribution is -2.60. The van der Waals surface area contributed by atoms with Crippen LogP contribution in [0.15, 0.2) is 23.8 Å². The minimum atomic E-state index is -1.45. The van der Waals surface area contributed by atoms with Crippen molar-refractivity contribution in [2.45, 2.75) is 246 Å². The molecule has 3 saturated carbocycles. The highest BCUT2D eigenvalue weighted by molar-refractivity contribution is 5.69. The van der Waals surface area contributed by atoms with Crippen molar-refractivity contribution in [3.8, 4) is 0 Å². The fraction of sp³-hybridized carbons (Fsp3) is 0.906. The van der Waals surface area contributed by atoms with Crippen molar-refractivity contribution >= 4 is 5.97 Å². The molecule has 7 heteroatoms. The Balaban J connectivity index is 1.02. The highest BCUT2D eigenvalue weighted by atomic mass is 16.7. The van der Waals surface area contributed by atoms with E-state index in [1.54, 1.807) is 0 Å². The highest BCUT2D eigenvalue weighted by Gasteiger charge is 2.59. The quantitative estimate of drug-likeness (QED) is 0.0477. The zero-order valence-corrected chi connectivity index (χ0v) is 39.6. The molecule has 7 nitrogen and oxygen atoms in total. The summed E-state index contributed by atoms with van der Waals surface area (Å²) < 4.78 is 18.0. The summed E-state index contributed by atoms with van der Waals surface area (Å²) in [6.07, 6.45) is 30.1. The summed E-state index contributed by atoms with van der Waals surface area (Å²) in [5, 5.41) is 32.5. The van der Waals surface area contributed by atoms with Gasteiger partial charge in [0.25, 0.3) is 0 Å². The predicted octanol–water partition coefficient (Wildman–Crippen LogP) is 12.4. The maximum atomic E-state index is 12.6. The number of hydrogen-bond donors (Lipinski definition) is 3. The number of carbonyl (C=O) groups excluding carboxylic acids is 1. The average Bonchev–Trinajstić information content (AvgIpc) is 3.59. The number of unbranched alkanes of at least 4 members (excludes halogenated alkanes) is 11. The van der Waals surface area contributed by atoms with Gasteiger partial charge in [-0.3, -0.25) is 4.79 Å². The Hall–Kier alpha value is -1.25. The van der Waals surface area contributed by atoms with Gasteiger partial charge in [0.15, 0.2) is 6.29 Å². The number of allylic oxidation sites excluding steroid dienone is 3. The van der Waals surface area contributed by atoms with Crippen LogP contribution in [0.1, 0.15) is 209 Å². The number of ether oxygens (including phenoxy) is 3. The van der Waals surface area contributed by atoms with E-state index in [1.165, 1.54) is 102 Å². The van der Waals surface area contributed by atoms with Crippen LogP contribution in [0.3, 0.4) is 0 Å². The zero-order valence-electron chi connectivity index (χ0n) is 39.6. The third-order valence-electron chi connectivity index (χ3n) is 17.3. The van der Waals surface area contributed by atoms with Crippen molar-refractivity contribution < 1.29 is 34.3 Å². The lowest BCUT2D eigenvalue weighted by Gasteiger charge is -2.58. The van der Waals surface area contributed by atoms with Crippen molar-refractivity contribution in [1.82, 2.24) is 0 Å². The normalized spacial score (nSPS) is 36.4. The Morgan fingerprint density at radius 3 is 2.18 bits per heavy atom. The molecule has 14 unspecified atom stereocenters. The Kier molecular flexibility index (Phi) is 20.0. The van der Waals surface area contributed by atoms with E-state index in [9.17, 15) is 20.1 Å². The van der Waals surface area contributed by atoms with Gasteiger partial charge in [0.1, 0.15) is 31.0 Å². The third kappa shape index (κ3) is 12.7. The van der Waals surface area contributed by atoms with E-state index in [0.29, 0.717) is 17.8 Å². The van der Waals surface area contributed by atoms with Gasteiger partial charge in [-0.2, -0.15) is 0 Å². The Morgan fingerprint density at radius 2 is 1.50 bits per heavy atom. The molecule has 4 fully saturated rings. The van der Waals surface area contributed by atoms with Gasteiger partial charge in [-0.1, -0.05) is 136 Å². The first-order valence-electron chi connectivity index (χ1n) is 25.7. The topological polar surface area (TPSA) is 105 Å². The maximum absolute atomic E-state index is 12.6. The van der Waals surface area contributed by atoms with E-state index < -0.39 is 30.7 Å². The molecule has 1 aliphatic heterocycles. The smallest absolute Gasteiger partial charge is 0.305 e. The van der Waals surface area contributed by atoms with Gasteiger partial charge in [-0.25, -0.2) is 0 Å². The van der Waals surface area contributed by atoms with E-state index in [2.05, 4.69) is 66.7 Å². The van der Waals surface area contributed by atoms with Gasteiger partial charge < -0.3 is 29.5 Å². The predicted molar refractivity (Wildman–Crippen MR) is 244 cm³/mol. The van der Waals surface area contributed by atoms with Crippen LogP contribution in [0.4, 0.5) is 0 Å². The lowest BCUT2D eigenvalue weighted by molar-refractivity contribution is -0.313. The molecule has 0 spiro atoms. The molecule has 0 aromatic rings. The molecule has 0 bridgehead atoms. The molecule has 0 aromatic carbocycles. The average molecular weight is 841 g/mol. The van der Waals surface area contributed by atoms with E-state index in [-0.39, 0.29) is 24.1 Å². The SMILES string of the molecule is CCCCCCCC/C=C\CCCCCCCC(=O)OCC1OC(OC2CCC3(C)C(=CCC4C3CCC3(C)C(C(C)CCC(CC)C(C)C)CCC43)C2)C(O)C(O)C1O. The van der Waals surface area contributed by atoms with Crippen LogP contribution in [0, 0.1) is 52.3 Å². The fourth-order valence-electron chi connectivity index (χ4n) is 13.3. The van der Waals surface area contributed by atoms with Gasteiger partial charge in [0.2, 0.25) is 0 Å². The minimum Gasteiger partial charge on any atom is -0.463 e. The van der Waals surface area contributed by atoms with E-state index >= 15 is 0 Å². The van der Waals surface area contributed by atoms with Crippen LogP contribution < -0.4 is 0 Å². The van der Waals surface area contributed by atoms with Gasteiger partial charge in [0, 0.05) is 6.42 Å². The molecule has 0 amide bonds. The van der Waals surface area contributed by atoms with Crippen LogP contribution in [-0.2, 0) is 19.0 Å². The lowest BCUT2D eigenvalue weighted by atomic mass is 9.47. The maximum Gasteiger partial charge on any atom is 0.305 e. The zero-order chi connectivity index (χ0) is 43.3. The van der Waals surface area contributed by atoms with E-state index in [0.717, 1.165) is 93.3 Å². The molecule has 3 N–H and O–H groups in total. The van der Waals surface area contributed by atoms with Gasteiger partial charge in [-0.05, 0) is 142 Å². The molecule has 1 saturated heterocycles. The second kappa shape index (κ2) is 24.2. The molecule has 60 heavy (non-hydrogen) atoms. The third-order valence-corrected chi connectivity index (χ3v) is 17.3. The fourth-order valence-corrected chi connectivity index (χ4v) is 13.3. The van der Waals surface area contributed by atoms with Crippen molar-refractivity contribution in [1.29, 1.82) is 0 Å². The molecule has 5 rings (SSSR count). The van der Waals surface area contributed by atoms with Crippen LogP contribution in [0.25, 0.3) is 0 Å². The Labute approximate surface area is 367 Å². The summed E-state index contributed by atoms with van der Waals surface area (Å²) >= 11 is 0. The van der Waals surface area contributed by atoms with Crippen molar-refractivity contribution in [3.63, 3.8) is 0 Å². The summed E-state index contributed by atoms with van der Waals surface area (Å²) in [6, 6.07) is 0. The number of aliphatic hydroxyl groups is 3. The molecule has 0 aromatic heterocycles.